The summed E-state index contributed by atoms with van der Waals surface area (Å²) in [6.45, 7) is 4.52. The van der Waals surface area contributed by atoms with Crippen LogP contribution in [0.1, 0.15) is 62.3 Å². The Kier molecular flexibility index (Phi) is 5.89. The molecule has 0 aliphatic heterocycles. The maximum absolute atomic E-state index is 12.3. The molecular weight excluding hydrogens is 314 g/mol. The van der Waals surface area contributed by atoms with Gasteiger partial charge >= 0.3 is 0 Å². The van der Waals surface area contributed by atoms with Crippen molar-refractivity contribution in [2.24, 2.45) is 11.8 Å². The minimum Gasteiger partial charge on any atom is -0.455 e. The molecule has 1 aromatic heterocycles. The fraction of sp³-hybridized carbons (Fsp3) is 0.706. The van der Waals surface area contributed by atoms with Crippen molar-refractivity contribution in [3.63, 3.8) is 0 Å². The lowest BCUT2D eigenvalue weighted by Gasteiger charge is -2.18. The van der Waals surface area contributed by atoms with E-state index in [9.17, 15) is 13.2 Å². The highest BCUT2D eigenvalue weighted by atomic mass is 32.2. The van der Waals surface area contributed by atoms with Gasteiger partial charge in [0.15, 0.2) is 15.6 Å². The van der Waals surface area contributed by atoms with Crippen molar-refractivity contribution in [1.82, 2.24) is 5.32 Å². The minimum atomic E-state index is -3.16. The molecule has 0 radical (unpaired) electrons. The van der Waals surface area contributed by atoms with Gasteiger partial charge in [0, 0.05) is 12.3 Å². The van der Waals surface area contributed by atoms with Crippen molar-refractivity contribution < 1.29 is 17.6 Å². The molecule has 1 aliphatic carbocycles. The van der Waals surface area contributed by atoms with E-state index < -0.39 is 9.84 Å². The van der Waals surface area contributed by atoms with Gasteiger partial charge in [0.1, 0.15) is 11.5 Å². The highest BCUT2D eigenvalue weighted by molar-refractivity contribution is 7.89. The van der Waals surface area contributed by atoms with Gasteiger partial charge in [-0.05, 0) is 43.2 Å². The van der Waals surface area contributed by atoms with E-state index in [-0.39, 0.29) is 23.5 Å². The molecule has 1 amide bonds. The third-order valence-corrected chi connectivity index (χ3v) is 5.39. The molecule has 0 saturated heterocycles. The van der Waals surface area contributed by atoms with Crippen molar-refractivity contribution in [2.75, 3.05) is 6.26 Å². The summed E-state index contributed by atoms with van der Waals surface area (Å²) in [5.41, 5.74) is 0. The molecule has 2 rings (SSSR count). The van der Waals surface area contributed by atoms with Gasteiger partial charge in [-0.2, -0.15) is 0 Å². The Hall–Kier alpha value is -1.30. The zero-order valence-electron chi connectivity index (χ0n) is 14.2. The second-order valence-corrected chi connectivity index (χ2v) is 9.16. The topological polar surface area (TPSA) is 76.4 Å². The van der Waals surface area contributed by atoms with Gasteiger partial charge in [0.2, 0.25) is 0 Å². The lowest BCUT2D eigenvalue weighted by atomic mass is 9.89. The first-order chi connectivity index (χ1) is 10.7. The van der Waals surface area contributed by atoms with Crippen LogP contribution in [-0.4, -0.2) is 26.6 Å². The number of sulfone groups is 1. The van der Waals surface area contributed by atoms with E-state index in [0.717, 1.165) is 37.9 Å². The van der Waals surface area contributed by atoms with Gasteiger partial charge in [0.05, 0.1) is 0 Å². The third kappa shape index (κ3) is 5.68. The van der Waals surface area contributed by atoms with Crippen LogP contribution in [-0.2, 0) is 15.6 Å². The number of furan rings is 1. The Balaban J connectivity index is 1.92. The monoisotopic (exact) mass is 341 g/mol. The van der Waals surface area contributed by atoms with Crippen molar-refractivity contribution in [3.05, 3.63) is 23.7 Å². The van der Waals surface area contributed by atoms with E-state index in [1.807, 2.05) is 0 Å². The Bertz CT molecular complexity index is 633. The molecule has 130 valence electrons. The van der Waals surface area contributed by atoms with Gasteiger partial charge in [-0.15, -0.1) is 0 Å². The Morgan fingerprint density at radius 1 is 1.26 bits per heavy atom. The molecule has 6 heteroatoms. The molecule has 0 aromatic carbocycles. The van der Waals surface area contributed by atoms with Gasteiger partial charge in [-0.3, -0.25) is 4.79 Å². The average molecular weight is 341 g/mol. The number of rotatable bonds is 5. The van der Waals surface area contributed by atoms with Crippen LogP contribution in [0, 0.1) is 11.8 Å². The van der Waals surface area contributed by atoms with E-state index >= 15 is 0 Å². The van der Waals surface area contributed by atoms with E-state index in [0.29, 0.717) is 11.7 Å². The lowest BCUT2D eigenvalue weighted by Crippen LogP contribution is -2.34. The van der Waals surface area contributed by atoms with E-state index in [1.54, 1.807) is 12.1 Å². The van der Waals surface area contributed by atoms with E-state index in [4.69, 9.17) is 4.42 Å². The van der Waals surface area contributed by atoms with E-state index in [2.05, 4.69) is 19.2 Å². The SMILES string of the molecule is CC(C)[C@@H]1CCC[C@H](NC(=O)c2ccc(CS(C)(=O)=O)o2)CC1. The molecule has 0 unspecified atom stereocenters. The van der Waals surface area contributed by atoms with Crippen LogP contribution in [0.4, 0.5) is 0 Å². The Morgan fingerprint density at radius 3 is 2.65 bits per heavy atom. The largest absolute Gasteiger partial charge is 0.455 e. The summed E-state index contributed by atoms with van der Waals surface area (Å²) in [4.78, 5) is 12.3. The molecule has 2 atom stereocenters. The molecule has 1 saturated carbocycles. The van der Waals surface area contributed by atoms with Gasteiger partial charge < -0.3 is 9.73 Å². The van der Waals surface area contributed by atoms with Crippen molar-refractivity contribution >= 4 is 15.7 Å². The van der Waals surface area contributed by atoms with Gasteiger partial charge in [-0.1, -0.05) is 26.7 Å². The molecule has 1 aliphatic rings. The maximum atomic E-state index is 12.3. The number of nitrogens with one attached hydrogen (secondary N) is 1. The zero-order valence-corrected chi connectivity index (χ0v) is 15.0. The third-order valence-electron chi connectivity index (χ3n) is 4.58. The summed E-state index contributed by atoms with van der Waals surface area (Å²) >= 11 is 0. The number of hydrogen-bond donors (Lipinski definition) is 1. The fourth-order valence-electron chi connectivity index (χ4n) is 3.23. The summed E-state index contributed by atoms with van der Waals surface area (Å²) in [6.07, 6.45) is 6.62. The number of amides is 1. The Labute approximate surface area is 138 Å². The molecule has 1 aromatic rings. The molecule has 1 fully saturated rings. The number of hydrogen-bond acceptors (Lipinski definition) is 4. The van der Waals surface area contributed by atoms with Crippen LogP contribution in [0.3, 0.4) is 0 Å². The van der Waals surface area contributed by atoms with Crippen LogP contribution in [0.25, 0.3) is 0 Å². The quantitative estimate of drug-likeness (QED) is 0.835. The predicted octanol–water partition coefficient (Wildman–Crippen LogP) is 3.16. The summed E-state index contributed by atoms with van der Waals surface area (Å²) in [6, 6.07) is 3.27. The van der Waals surface area contributed by atoms with Crippen molar-refractivity contribution in [1.29, 1.82) is 0 Å². The van der Waals surface area contributed by atoms with Crippen LogP contribution in [0.15, 0.2) is 16.5 Å². The molecule has 23 heavy (non-hydrogen) atoms. The predicted molar refractivity (Wildman–Crippen MR) is 89.9 cm³/mol. The molecule has 1 heterocycles. The maximum Gasteiger partial charge on any atom is 0.287 e. The fourth-order valence-corrected chi connectivity index (χ4v) is 3.91. The second kappa shape index (κ2) is 7.51. The summed E-state index contributed by atoms with van der Waals surface area (Å²) in [5.74, 6) is 1.49. The van der Waals surface area contributed by atoms with Crippen LogP contribution >= 0.6 is 0 Å². The minimum absolute atomic E-state index is 0.176. The number of carbonyl (C=O) groups is 1. The summed E-state index contributed by atoms with van der Waals surface area (Å²) < 4.78 is 27.9. The molecular formula is C17H27NO4S. The first kappa shape index (κ1) is 18.0. The average Bonchev–Trinajstić information content (AvgIpc) is 2.75. The van der Waals surface area contributed by atoms with Crippen LogP contribution in [0.2, 0.25) is 0 Å². The Morgan fingerprint density at radius 2 is 2.00 bits per heavy atom. The normalized spacial score (nSPS) is 22.8. The van der Waals surface area contributed by atoms with Crippen LogP contribution < -0.4 is 5.32 Å². The van der Waals surface area contributed by atoms with Gasteiger partial charge in [0.25, 0.3) is 5.91 Å². The van der Waals surface area contributed by atoms with Crippen LogP contribution in [0.5, 0.6) is 0 Å². The summed E-state index contributed by atoms with van der Waals surface area (Å²) in [5, 5.41) is 3.03. The number of carbonyl (C=O) groups excluding carboxylic acids is 1. The first-order valence-electron chi connectivity index (χ1n) is 8.32. The molecule has 1 N–H and O–H groups in total. The molecule has 5 nitrogen and oxygen atoms in total. The van der Waals surface area contributed by atoms with Crippen molar-refractivity contribution in [2.45, 2.75) is 57.7 Å². The molecule has 0 bridgehead atoms. The van der Waals surface area contributed by atoms with Gasteiger partial charge in [-0.25, -0.2) is 8.42 Å². The highest BCUT2D eigenvalue weighted by Crippen LogP contribution is 2.29. The van der Waals surface area contributed by atoms with E-state index in [1.165, 1.54) is 6.42 Å². The smallest absolute Gasteiger partial charge is 0.287 e. The standard InChI is InChI=1S/C17H27NO4S/c1-12(2)13-5-4-6-14(8-7-13)18-17(19)16-10-9-15(22-16)11-23(3,20)21/h9-10,12-14H,4-8,11H2,1-3H3,(H,18,19)/t13-,14+/m1/s1. The lowest BCUT2D eigenvalue weighted by molar-refractivity contribution is 0.0903. The highest BCUT2D eigenvalue weighted by Gasteiger charge is 2.23. The second-order valence-electron chi connectivity index (χ2n) is 7.02. The summed E-state index contributed by atoms with van der Waals surface area (Å²) in [7, 11) is -3.16. The molecule has 0 spiro atoms. The zero-order chi connectivity index (χ0) is 17.0. The first-order valence-corrected chi connectivity index (χ1v) is 10.4. The van der Waals surface area contributed by atoms with Crippen molar-refractivity contribution in [3.8, 4) is 0 Å².